The van der Waals surface area contributed by atoms with Crippen molar-refractivity contribution < 1.29 is 36.9 Å². The summed E-state index contributed by atoms with van der Waals surface area (Å²) in [6, 6.07) is 0. The number of hydrogen-bond donors (Lipinski definition) is 0. The lowest BCUT2D eigenvalue weighted by molar-refractivity contribution is -0.191. The van der Waals surface area contributed by atoms with E-state index in [0.717, 1.165) is 0 Å². The van der Waals surface area contributed by atoms with Crippen molar-refractivity contribution in [2.24, 2.45) is 5.92 Å². The zero-order valence-corrected chi connectivity index (χ0v) is 16.3. The van der Waals surface area contributed by atoms with Gasteiger partial charge in [-0.05, 0) is 25.5 Å². The largest absolute Gasteiger partial charge is 0.411 e. The molecule has 2 aliphatic rings. The smallest absolute Gasteiger partial charge is 0.379 e. The van der Waals surface area contributed by atoms with E-state index in [1.54, 1.807) is 7.85 Å². The van der Waals surface area contributed by atoms with Crippen molar-refractivity contribution in [3.05, 3.63) is 0 Å². The Bertz CT molecular complexity index is 551. The van der Waals surface area contributed by atoms with E-state index >= 15 is 0 Å². The van der Waals surface area contributed by atoms with Gasteiger partial charge in [-0.25, -0.2) is 0 Å². The van der Waals surface area contributed by atoms with Crippen molar-refractivity contribution in [2.45, 2.75) is 48.4 Å². The molecule has 0 aromatic rings. The fourth-order valence-corrected chi connectivity index (χ4v) is 4.74. The van der Waals surface area contributed by atoms with Gasteiger partial charge < -0.3 is 18.9 Å². The van der Waals surface area contributed by atoms with Crippen LogP contribution >= 0.6 is 0 Å². The van der Waals surface area contributed by atoms with Crippen molar-refractivity contribution in [1.29, 1.82) is 0 Å². The van der Waals surface area contributed by atoms with E-state index in [-0.39, 0.29) is 19.0 Å². The van der Waals surface area contributed by atoms with Gasteiger partial charge in [-0.15, -0.1) is 0 Å². The minimum Gasteiger partial charge on any atom is -0.379 e. The Morgan fingerprint density at radius 3 is 2.27 bits per heavy atom. The number of Topliss-reactive ketones (excluding diaryl/α,β-unsaturated/α-hetero) is 1. The number of halogens is 3. The molecule has 0 unspecified atom stereocenters. The fraction of sp³-hybridized carbons (Fsp3) is 0.933. The zero-order valence-electron chi connectivity index (χ0n) is 16.3. The number of epoxide rings is 1. The van der Waals surface area contributed by atoms with Gasteiger partial charge in [-0.3, -0.25) is 4.79 Å². The molecule has 1 aliphatic carbocycles. The molecule has 1 heterocycles. The molecule has 146 valence electrons. The molecule has 11 heteroatoms. The second-order valence-electron chi connectivity index (χ2n) is 8.61. The average molecular weight is 376 g/mol. The molecule has 5 nitrogen and oxygen atoms in total. The van der Waals surface area contributed by atoms with Crippen LogP contribution in [0.15, 0.2) is 0 Å². The quantitative estimate of drug-likeness (QED) is 0.327. The van der Waals surface area contributed by atoms with E-state index in [9.17, 15) is 18.0 Å². The third-order valence-electron chi connectivity index (χ3n) is 5.49. The third kappa shape index (κ3) is 4.15. The zero-order chi connectivity index (χ0) is 20.0. The number of carbonyl (C=O) groups is 1. The minimum atomic E-state index is -4.36. The summed E-state index contributed by atoms with van der Waals surface area (Å²) in [6.45, 7) is 2.61. The Morgan fingerprint density at radius 2 is 1.81 bits per heavy atom. The Kier molecular flexibility index (Phi) is 5.72. The normalized spacial score (nSPS) is 34.2. The lowest BCUT2D eigenvalue weighted by atomic mass is 9.37. The molecule has 0 bridgehead atoms. The van der Waals surface area contributed by atoms with Crippen LogP contribution in [0.5, 0.6) is 0 Å². The van der Waals surface area contributed by atoms with E-state index in [0.29, 0.717) is 13.0 Å². The molecule has 0 radical (unpaired) electrons. The molecule has 3 atom stereocenters. The highest BCUT2D eigenvalue weighted by atomic mass is 19.4. The van der Waals surface area contributed by atoms with Crippen LogP contribution in [-0.4, -0.2) is 85.7 Å². The van der Waals surface area contributed by atoms with Gasteiger partial charge in [0.2, 0.25) is 0 Å². The molecule has 1 aliphatic heterocycles. The summed E-state index contributed by atoms with van der Waals surface area (Å²) in [6.07, 6.45) is -3.81. The number of alkyl halides is 3. The van der Waals surface area contributed by atoms with Crippen LogP contribution in [0.3, 0.4) is 0 Å². The molecule has 0 aromatic heterocycles. The summed E-state index contributed by atoms with van der Waals surface area (Å²) < 4.78 is 58.4. The highest BCUT2D eigenvalue weighted by molar-refractivity contribution is 6.55. The molecule has 1 spiro atoms. The van der Waals surface area contributed by atoms with Gasteiger partial charge in [0.05, 0.1) is 36.5 Å². The molecule has 1 saturated heterocycles. The van der Waals surface area contributed by atoms with Gasteiger partial charge in [0.15, 0.2) is 7.85 Å². The molecule has 1 saturated carbocycles. The molecule has 2 rings (SSSR count). The van der Waals surface area contributed by atoms with Crippen LogP contribution in [0.1, 0.15) is 20.3 Å². The number of hydrogen-bond acceptors (Lipinski definition) is 5. The van der Waals surface area contributed by atoms with E-state index in [1.165, 1.54) is 7.11 Å². The van der Waals surface area contributed by atoms with Crippen LogP contribution < -0.4 is 0 Å². The van der Waals surface area contributed by atoms with E-state index in [1.807, 2.05) is 29.5 Å². The number of methoxy groups -OCH3 is 1. The van der Waals surface area contributed by atoms with Crippen molar-refractivity contribution in [1.82, 2.24) is 0 Å². The van der Waals surface area contributed by atoms with E-state index < -0.39 is 40.6 Å². The number of ether oxygens (including phenoxy) is 4. The first-order chi connectivity index (χ1) is 11.7. The molecule has 0 amide bonds. The second-order valence-corrected chi connectivity index (χ2v) is 8.61. The maximum absolute atomic E-state index is 13.1. The van der Waals surface area contributed by atoms with Crippen LogP contribution in [0.4, 0.5) is 13.2 Å². The standard InChI is InChI=1S/C15H26B3F3O5/c1-11(2,25-5-4-24-8-14(19,20)21)9-12(7-26-12)6-13(16,17)10(22)15(9,18)23-3/h9H,4-8,16-18H2,1-3H3/t9-,12+,15+/m1/s1. The Balaban J connectivity index is 2.12. The Labute approximate surface area is 154 Å². The lowest BCUT2D eigenvalue weighted by Crippen LogP contribution is -2.68. The van der Waals surface area contributed by atoms with Crippen molar-refractivity contribution >= 4 is 29.3 Å². The topological polar surface area (TPSA) is 57.3 Å². The van der Waals surface area contributed by atoms with Crippen molar-refractivity contribution in [2.75, 3.05) is 33.5 Å². The molecule has 0 N–H and O–H groups in total. The maximum Gasteiger partial charge on any atom is 0.411 e. The first-order valence-corrected chi connectivity index (χ1v) is 8.73. The van der Waals surface area contributed by atoms with Gasteiger partial charge >= 0.3 is 6.18 Å². The van der Waals surface area contributed by atoms with Gasteiger partial charge in [0.1, 0.15) is 28.1 Å². The van der Waals surface area contributed by atoms with Gasteiger partial charge in [0.25, 0.3) is 0 Å². The van der Waals surface area contributed by atoms with Crippen LogP contribution in [0.2, 0.25) is 5.21 Å². The van der Waals surface area contributed by atoms with Crippen molar-refractivity contribution in [3.8, 4) is 0 Å². The van der Waals surface area contributed by atoms with E-state index in [4.69, 9.17) is 14.2 Å². The molecular formula is C15H26B3F3O5. The minimum absolute atomic E-state index is 0.0208. The monoisotopic (exact) mass is 376 g/mol. The highest BCUT2D eigenvalue weighted by Gasteiger charge is 2.71. The number of ketones is 1. The summed E-state index contributed by atoms with van der Waals surface area (Å²) in [5.74, 6) is -0.417. The Morgan fingerprint density at radius 1 is 1.23 bits per heavy atom. The summed E-state index contributed by atoms with van der Waals surface area (Å²) in [5, 5.41) is -0.594. The predicted molar refractivity (Wildman–Crippen MR) is 96.8 cm³/mol. The van der Waals surface area contributed by atoms with Crippen molar-refractivity contribution in [3.63, 3.8) is 0 Å². The SMILES string of the molecule is BC1(B)C[C@]2(CO2)[C@@H](C(C)(C)OCCOCC(F)(F)F)[C@](B)(OC)C1=O. The highest BCUT2D eigenvalue weighted by Crippen LogP contribution is 2.59. The summed E-state index contributed by atoms with van der Waals surface area (Å²) in [4.78, 5) is 13.1. The van der Waals surface area contributed by atoms with Crippen LogP contribution in [0, 0.1) is 5.92 Å². The lowest BCUT2D eigenvalue weighted by Gasteiger charge is -2.54. The molecule has 0 aromatic carbocycles. The molecule has 26 heavy (non-hydrogen) atoms. The fourth-order valence-electron chi connectivity index (χ4n) is 4.74. The first kappa shape index (κ1) is 21.8. The Hall–Kier alpha value is -0.505. The predicted octanol–water partition coefficient (Wildman–Crippen LogP) is -0.923. The average Bonchev–Trinajstić information content (AvgIpc) is 3.21. The summed E-state index contributed by atoms with van der Waals surface area (Å²) in [5.41, 5.74) is -2.50. The van der Waals surface area contributed by atoms with Crippen LogP contribution in [-0.2, 0) is 23.7 Å². The molecular weight excluding hydrogens is 350 g/mol. The summed E-state index contributed by atoms with van der Waals surface area (Å²) >= 11 is 0. The van der Waals surface area contributed by atoms with Gasteiger partial charge in [-0.1, -0.05) is 0 Å². The van der Waals surface area contributed by atoms with Crippen LogP contribution in [0.25, 0.3) is 0 Å². The maximum atomic E-state index is 13.1. The molecule has 2 fully saturated rings. The van der Waals surface area contributed by atoms with E-state index in [2.05, 4.69) is 4.74 Å². The first-order valence-electron chi connectivity index (χ1n) is 8.73. The number of rotatable bonds is 7. The summed E-state index contributed by atoms with van der Waals surface area (Å²) in [7, 11) is 7.00. The third-order valence-corrected chi connectivity index (χ3v) is 5.49. The number of carbonyl (C=O) groups excluding carboxylic acids is 1. The second kappa shape index (κ2) is 6.83. The van der Waals surface area contributed by atoms with Gasteiger partial charge in [-0.2, -0.15) is 13.2 Å². The van der Waals surface area contributed by atoms with Gasteiger partial charge in [0, 0.05) is 13.0 Å².